The Labute approximate surface area is 127 Å². The van der Waals surface area contributed by atoms with Crippen LogP contribution in [0.1, 0.15) is 0 Å². The van der Waals surface area contributed by atoms with E-state index < -0.39 is 5.82 Å². The molecule has 0 atom stereocenters. The molecule has 0 radical (unpaired) electrons. The van der Waals surface area contributed by atoms with Gasteiger partial charge in [0.05, 0.1) is 20.1 Å². The fourth-order valence-electron chi connectivity index (χ4n) is 1.63. The molecule has 7 heteroatoms. The van der Waals surface area contributed by atoms with Crippen molar-refractivity contribution in [2.24, 2.45) is 0 Å². The Morgan fingerprint density at radius 1 is 0.737 bits per heavy atom. The first-order chi connectivity index (χ1) is 8.97. The molecule has 0 saturated carbocycles. The van der Waals surface area contributed by atoms with Crippen LogP contribution in [0.3, 0.4) is 0 Å². The smallest absolute Gasteiger partial charge is 0.207 e. The highest BCUT2D eigenvalue weighted by atomic mass is 35.5. The third-order valence-corrected chi connectivity index (χ3v) is 3.99. The van der Waals surface area contributed by atoms with Crippen LogP contribution >= 0.6 is 46.4 Å². The summed E-state index contributed by atoms with van der Waals surface area (Å²) in [7, 11) is 0. The summed E-state index contributed by atoms with van der Waals surface area (Å²) in [6.07, 6.45) is 0. The van der Waals surface area contributed by atoms with Crippen molar-refractivity contribution < 1.29 is 13.9 Å². The van der Waals surface area contributed by atoms with E-state index in [-0.39, 0.29) is 32.3 Å². The van der Waals surface area contributed by atoms with Crippen LogP contribution in [-0.4, -0.2) is 0 Å². The predicted molar refractivity (Wildman–Crippen MR) is 73.0 cm³/mol. The molecule has 0 aromatic heterocycles. The van der Waals surface area contributed by atoms with Crippen molar-refractivity contribution in [3.8, 4) is 23.0 Å². The number of rotatable bonds is 0. The zero-order chi connectivity index (χ0) is 13.7. The van der Waals surface area contributed by atoms with E-state index in [2.05, 4.69) is 0 Å². The SMILES string of the molecule is Fc1c(Cl)c(Cl)cc2c1Oc1cc(Cl)c(Cl)cc1O2. The minimum atomic E-state index is -0.791. The molecule has 0 unspecified atom stereocenters. The second kappa shape index (κ2) is 4.60. The molecule has 2 nitrogen and oxygen atoms in total. The molecule has 0 N–H and O–H groups in total. The highest BCUT2D eigenvalue weighted by Gasteiger charge is 2.26. The number of hydrogen-bond acceptors (Lipinski definition) is 2. The Bertz CT molecular complexity index is 703. The van der Waals surface area contributed by atoms with Gasteiger partial charge in [-0.15, -0.1) is 0 Å². The average molecular weight is 340 g/mol. The lowest BCUT2D eigenvalue weighted by Gasteiger charge is -2.22. The second-order valence-corrected chi connectivity index (χ2v) is 5.33. The molecule has 1 heterocycles. The lowest BCUT2D eigenvalue weighted by Crippen LogP contribution is -2.02. The zero-order valence-electron chi connectivity index (χ0n) is 8.94. The van der Waals surface area contributed by atoms with Crippen molar-refractivity contribution >= 4 is 46.4 Å². The molecule has 1 aliphatic rings. The molecular formula is C12H3Cl4FO2. The van der Waals surface area contributed by atoms with E-state index in [1.807, 2.05) is 0 Å². The Balaban J connectivity index is 2.17. The monoisotopic (exact) mass is 338 g/mol. The fourth-order valence-corrected chi connectivity index (χ4v) is 2.26. The van der Waals surface area contributed by atoms with Gasteiger partial charge in [-0.2, -0.15) is 0 Å². The summed E-state index contributed by atoms with van der Waals surface area (Å²) in [6, 6.07) is 4.28. The molecule has 1 aliphatic heterocycles. The van der Waals surface area contributed by atoms with Crippen LogP contribution in [0.5, 0.6) is 23.0 Å². The van der Waals surface area contributed by atoms with Crippen LogP contribution in [0, 0.1) is 5.82 Å². The molecule has 0 bridgehead atoms. The Morgan fingerprint density at radius 2 is 1.26 bits per heavy atom. The van der Waals surface area contributed by atoms with Crippen molar-refractivity contribution in [2.45, 2.75) is 0 Å². The molecular weight excluding hydrogens is 337 g/mol. The fraction of sp³-hybridized carbons (Fsp3) is 0. The number of benzene rings is 2. The van der Waals surface area contributed by atoms with E-state index in [0.717, 1.165) is 0 Å². The normalized spacial score (nSPS) is 12.3. The van der Waals surface area contributed by atoms with E-state index in [1.165, 1.54) is 18.2 Å². The van der Waals surface area contributed by atoms with Crippen LogP contribution in [0.2, 0.25) is 20.1 Å². The van der Waals surface area contributed by atoms with Crippen LogP contribution in [0.25, 0.3) is 0 Å². The number of hydrogen-bond donors (Lipinski definition) is 0. The van der Waals surface area contributed by atoms with E-state index in [4.69, 9.17) is 55.9 Å². The minimum Gasteiger partial charge on any atom is -0.449 e. The van der Waals surface area contributed by atoms with Crippen molar-refractivity contribution in [1.29, 1.82) is 0 Å². The maximum Gasteiger partial charge on any atom is 0.207 e. The van der Waals surface area contributed by atoms with Gasteiger partial charge in [0.1, 0.15) is 0 Å². The number of halogens is 5. The van der Waals surface area contributed by atoms with Gasteiger partial charge in [-0.25, -0.2) is 4.39 Å². The highest BCUT2D eigenvalue weighted by Crippen LogP contribution is 2.51. The molecule has 3 rings (SSSR count). The van der Waals surface area contributed by atoms with E-state index in [0.29, 0.717) is 10.8 Å². The van der Waals surface area contributed by atoms with Crippen molar-refractivity contribution in [3.63, 3.8) is 0 Å². The third-order valence-electron chi connectivity index (χ3n) is 2.50. The summed E-state index contributed by atoms with van der Waals surface area (Å²) in [5.74, 6) is -0.238. The standard InChI is InChI=1S/C12H3Cl4FO2/c13-4-1-7-8(2-5(4)14)19-12-9(18-7)3-6(15)10(16)11(12)17/h1-3H. The summed E-state index contributed by atoms with van der Waals surface area (Å²) in [4.78, 5) is 0. The third kappa shape index (κ3) is 2.11. The maximum absolute atomic E-state index is 13.9. The van der Waals surface area contributed by atoms with E-state index >= 15 is 0 Å². The Kier molecular flexibility index (Phi) is 3.18. The van der Waals surface area contributed by atoms with Gasteiger partial charge in [0.15, 0.2) is 23.1 Å². The van der Waals surface area contributed by atoms with Crippen molar-refractivity contribution in [2.75, 3.05) is 0 Å². The van der Waals surface area contributed by atoms with Crippen molar-refractivity contribution in [1.82, 2.24) is 0 Å². The lowest BCUT2D eigenvalue weighted by molar-refractivity contribution is 0.342. The molecule has 2 aromatic rings. The summed E-state index contributed by atoms with van der Waals surface area (Å²) in [6.45, 7) is 0. The predicted octanol–water partition coefficient (Wildman–Crippen LogP) is 6.34. The van der Waals surface area contributed by atoms with Gasteiger partial charge in [0, 0.05) is 18.2 Å². The van der Waals surface area contributed by atoms with Crippen LogP contribution < -0.4 is 9.47 Å². The van der Waals surface area contributed by atoms with Gasteiger partial charge in [-0.1, -0.05) is 46.4 Å². The molecule has 98 valence electrons. The van der Waals surface area contributed by atoms with Crippen LogP contribution in [0.4, 0.5) is 4.39 Å². The largest absolute Gasteiger partial charge is 0.449 e. The van der Waals surface area contributed by atoms with E-state index in [1.54, 1.807) is 0 Å². The molecule has 0 saturated heterocycles. The average Bonchev–Trinajstić information content (AvgIpc) is 2.37. The Morgan fingerprint density at radius 3 is 1.89 bits per heavy atom. The van der Waals surface area contributed by atoms with Gasteiger partial charge in [-0.05, 0) is 0 Å². The van der Waals surface area contributed by atoms with Gasteiger partial charge in [0.2, 0.25) is 5.75 Å². The zero-order valence-corrected chi connectivity index (χ0v) is 12.0. The van der Waals surface area contributed by atoms with Crippen LogP contribution in [-0.2, 0) is 0 Å². The molecule has 0 spiro atoms. The van der Waals surface area contributed by atoms with Gasteiger partial charge in [-0.3, -0.25) is 0 Å². The first-order valence-corrected chi connectivity index (χ1v) is 6.51. The number of ether oxygens (including phenoxy) is 2. The summed E-state index contributed by atoms with van der Waals surface area (Å²) < 4.78 is 24.8. The molecule has 2 aromatic carbocycles. The molecule has 19 heavy (non-hydrogen) atoms. The first-order valence-electron chi connectivity index (χ1n) is 4.99. The Hall–Kier alpha value is -0.870. The number of fused-ring (bicyclic) bond motifs is 2. The molecule has 0 aliphatic carbocycles. The first kappa shape index (κ1) is 13.1. The summed E-state index contributed by atoms with van der Waals surface area (Å²) >= 11 is 23.2. The van der Waals surface area contributed by atoms with Crippen LogP contribution in [0.15, 0.2) is 18.2 Å². The van der Waals surface area contributed by atoms with Gasteiger partial charge in [0.25, 0.3) is 0 Å². The quantitative estimate of drug-likeness (QED) is 0.445. The summed E-state index contributed by atoms with van der Waals surface area (Å²) in [5.41, 5.74) is 0. The minimum absolute atomic E-state index is 0.0324. The summed E-state index contributed by atoms with van der Waals surface area (Å²) in [5, 5.41) is 0.374. The molecule has 0 amide bonds. The topological polar surface area (TPSA) is 18.5 Å². The maximum atomic E-state index is 13.9. The van der Waals surface area contributed by atoms with Gasteiger partial charge >= 0.3 is 0 Å². The van der Waals surface area contributed by atoms with Gasteiger partial charge < -0.3 is 9.47 Å². The van der Waals surface area contributed by atoms with E-state index in [9.17, 15) is 4.39 Å². The highest BCUT2D eigenvalue weighted by molar-refractivity contribution is 6.42. The molecule has 0 fully saturated rings. The van der Waals surface area contributed by atoms with Crippen molar-refractivity contribution in [3.05, 3.63) is 44.1 Å². The lowest BCUT2D eigenvalue weighted by atomic mass is 10.2. The second-order valence-electron chi connectivity index (χ2n) is 3.73.